The van der Waals surface area contributed by atoms with Gasteiger partial charge in [-0.1, -0.05) is 82.6 Å². The van der Waals surface area contributed by atoms with Crippen LogP contribution in [0.1, 0.15) is 67.7 Å². The van der Waals surface area contributed by atoms with Crippen molar-refractivity contribution in [2.45, 2.75) is 65.3 Å². The first-order valence-electron chi connectivity index (χ1n) is 14.2. The molecule has 4 aromatic rings. The minimum Gasteiger partial charge on any atom is -0.494 e. The van der Waals surface area contributed by atoms with E-state index in [0.29, 0.717) is 30.2 Å². The molecule has 0 aliphatic carbocycles. The van der Waals surface area contributed by atoms with Crippen molar-refractivity contribution in [3.05, 3.63) is 107 Å². The van der Waals surface area contributed by atoms with Gasteiger partial charge in [0.2, 0.25) is 5.91 Å². The number of unbranched alkanes of at least 4 members (excludes halogenated alkanes) is 1. The Balaban J connectivity index is 1.59. The summed E-state index contributed by atoms with van der Waals surface area (Å²) in [6.45, 7) is 11.0. The molecule has 1 aromatic heterocycles. The Morgan fingerprint density at radius 1 is 0.951 bits per heavy atom. The Kier molecular flexibility index (Phi) is 9.61. The van der Waals surface area contributed by atoms with Gasteiger partial charge in [0, 0.05) is 23.5 Å². The van der Waals surface area contributed by atoms with Gasteiger partial charge in [-0.25, -0.2) is 4.68 Å². The van der Waals surface area contributed by atoms with E-state index in [1.165, 1.54) is 0 Å². The molecule has 1 unspecified atom stereocenters. The Morgan fingerprint density at radius 3 is 2.29 bits per heavy atom. The first kappa shape index (κ1) is 29.6. The van der Waals surface area contributed by atoms with Crippen LogP contribution in [0.15, 0.2) is 84.9 Å². The highest BCUT2D eigenvalue weighted by atomic mass is 16.5. The molecule has 4 rings (SSSR count). The molecular weight excluding hydrogens is 512 g/mol. The predicted octanol–water partition coefficient (Wildman–Crippen LogP) is 6.64. The first-order chi connectivity index (χ1) is 19.7. The van der Waals surface area contributed by atoms with E-state index in [9.17, 15) is 9.59 Å². The molecule has 41 heavy (non-hydrogen) atoms. The van der Waals surface area contributed by atoms with Gasteiger partial charge in [0.25, 0.3) is 5.91 Å². The summed E-state index contributed by atoms with van der Waals surface area (Å²) in [7, 11) is 0. The van der Waals surface area contributed by atoms with Crippen molar-refractivity contribution in [2.24, 2.45) is 0 Å². The molecule has 0 saturated heterocycles. The second kappa shape index (κ2) is 13.3. The molecule has 0 fully saturated rings. The maximum atomic E-state index is 13.8. The zero-order valence-electron chi connectivity index (χ0n) is 24.6. The number of nitrogens with one attached hydrogen (secondary N) is 2. The van der Waals surface area contributed by atoms with E-state index in [-0.39, 0.29) is 17.2 Å². The monoisotopic (exact) mass is 552 g/mol. The predicted molar refractivity (Wildman–Crippen MR) is 164 cm³/mol. The molecular formula is C34H40N4O3. The number of benzene rings is 3. The van der Waals surface area contributed by atoms with Crippen LogP contribution in [0.25, 0.3) is 5.69 Å². The van der Waals surface area contributed by atoms with E-state index < -0.39 is 6.04 Å². The standard InChI is InChI=1S/C34H40N4O3/c1-6-7-21-41-27-19-17-26(18-20-27)32(39)35-28(22-25-14-9-8-10-15-25)33(40)36-31-23-30(34(3,4)5)37-38(31)29-16-12-11-13-24(29)2/h8-20,23,28H,6-7,21-22H2,1-5H3,(H,35,39)(H,36,40). The number of para-hydroxylation sites is 1. The molecule has 1 heterocycles. The third kappa shape index (κ3) is 7.84. The lowest BCUT2D eigenvalue weighted by Gasteiger charge is -2.19. The van der Waals surface area contributed by atoms with Gasteiger partial charge in [-0.15, -0.1) is 0 Å². The maximum absolute atomic E-state index is 13.8. The second-order valence-corrected chi connectivity index (χ2v) is 11.3. The summed E-state index contributed by atoms with van der Waals surface area (Å²) < 4.78 is 7.49. The topological polar surface area (TPSA) is 85.2 Å². The fourth-order valence-electron chi connectivity index (χ4n) is 4.37. The summed E-state index contributed by atoms with van der Waals surface area (Å²) in [5, 5.41) is 10.9. The van der Waals surface area contributed by atoms with Gasteiger partial charge in [0.05, 0.1) is 18.0 Å². The van der Waals surface area contributed by atoms with Crippen LogP contribution in [-0.2, 0) is 16.6 Å². The maximum Gasteiger partial charge on any atom is 0.251 e. The number of rotatable bonds is 11. The summed E-state index contributed by atoms with van der Waals surface area (Å²) >= 11 is 0. The van der Waals surface area contributed by atoms with Crippen LogP contribution >= 0.6 is 0 Å². The van der Waals surface area contributed by atoms with Gasteiger partial charge in [-0.3, -0.25) is 9.59 Å². The second-order valence-electron chi connectivity index (χ2n) is 11.3. The van der Waals surface area contributed by atoms with Crippen LogP contribution in [0.3, 0.4) is 0 Å². The summed E-state index contributed by atoms with van der Waals surface area (Å²) in [5.74, 6) is 0.615. The number of aromatic nitrogens is 2. The quantitative estimate of drug-likeness (QED) is 0.204. The number of aryl methyl sites for hydroxylation is 1. The van der Waals surface area contributed by atoms with Crippen molar-refractivity contribution in [3.8, 4) is 11.4 Å². The zero-order chi connectivity index (χ0) is 29.4. The van der Waals surface area contributed by atoms with Crippen LogP contribution in [0.5, 0.6) is 5.75 Å². The number of anilines is 1. The number of amides is 2. The van der Waals surface area contributed by atoms with E-state index in [1.807, 2.05) is 67.6 Å². The normalized spacial score (nSPS) is 12.0. The van der Waals surface area contributed by atoms with E-state index >= 15 is 0 Å². The number of nitrogens with zero attached hydrogens (tertiary/aromatic N) is 2. The van der Waals surface area contributed by atoms with E-state index in [2.05, 4.69) is 38.3 Å². The molecule has 0 aliphatic rings. The molecule has 1 atom stereocenters. The fourth-order valence-corrected chi connectivity index (χ4v) is 4.37. The third-order valence-electron chi connectivity index (χ3n) is 6.86. The number of ether oxygens (including phenoxy) is 1. The Bertz CT molecular complexity index is 1450. The van der Waals surface area contributed by atoms with Crippen molar-refractivity contribution in [1.82, 2.24) is 15.1 Å². The minimum atomic E-state index is -0.816. The molecule has 7 nitrogen and oxygen atoms in total. The van der Waals surface area contributed by atoms with Gasteiger partial charge in [0.1, 0.15) is 17.6 Å². The highest BCUT2D eigenvalue weighted by Gasteiger charge is 2.26. The number of hydrogen-bond donors (Lipinski definition) is 2. The molecule has 7 heteroatoms. The summed E-state index contributed by atoms with van der Waals surface area (Å²) in [6, 6.07) is 25.7. The molecule has 0 radical (unpaired) electrons. The molecule has 3 aromatic carbocycles. The molecule has 0 bridgehead atoms. The highest BCUT2D eigenvalue weighted by Crippen LogP contribution is 2.27. The summed E-state index contributed by atoms with van der Waals surface area (Å²) in [5.41, 5.74) is 3.93. The lowest BCUT2D eigenvalue weighted by molar-refractivity contribution is -0.118. The molecule has 0 spiro atoms. The largest absolute Gasteiger partial charge is 0.494 e. The highest BCUT2D eigenvalue weighted by molar-refractivity contribution is 6.01. The van der Waals surface area contributed by atoms with E-state index in [1.54, 1.807) is 28.9 Å². The average molecular weight is 553 g/mol. The molecule has 0 aliphatic heterocycles. The van der Waals surface area contributed by atoms with Gasteiger partial charge in [0.15, 0.2) is 0 Å². The Morgan fingerprint density at radius 2 is 1.63 bits per heavy atom. The lowest BCUT2D eigenvalue weighted by Crippen LogP contribution is -2.45. The van der Waals surface area contributed by atoms with Crippen LogP contribution in [0, 0.1) is 6.92 Å². The van der Waals surface area contributed by atoms with Crippen LogP contribution < -0.4 is 15.4 Å². The van der Waals surface area contributed by atoms with Gasteiger partial charge >= 0.3 is 0 Å². The van der Waals surface area contributed by atoms with Crippen LogP contribution in [0.2, 0.25) is 0 Å². The molecule has 2 amide bonds. The Hall–Kier alpha value is -4.39. The molecule has 214 valence electrons. The van der Waals surface area contributed by atoms with E-state index in [4.69, 9.17) is 9.84 Å². The van der Waals surface area contributed by atoms with Gasteiger partial charge in [-0.2, -0.15) is 5.10 Å². The van der Waals surface area contributed by atoms with Crippen molar-refractivity contribution < 1.29 is 14.3 Å². The average Bonchev–Trinajstić information content (AvgIpc) is 3.38. The number of carbonyl (C=O) groups is 2. The van der Waals surface area contributed by atoms with Gasteiger partial charge < -0.3 is 15.4 Å². The van der Waals surface area contributed by atoms with Crippen molar-refractivity contribution in [2.75, 3.05) is 11.9 Å². The third-order valence-corrected chi connectivity index (χ3v) is 6.86. The zero-order valence-corrected chi connectivity index (χ0v) is 24.6. The van der Waals surface area contributed by atoms with Crippen molar-refractivity contribution >= 4 is 17.6 Å². The minimum absolute atomic E-state index is 0.225. The molecule has 2 N–H and O–H groups in total. The SMILES string of the molecule is CCCCOc1ccc(C(=O)NC(Cc2ccccc2)C(=O)Nc2cc(C(C)(C)C)nn2-c2ccccc2C)cc1. The smallest absolute Gasteiger partial charge is 0.251 e. The van der Waals surface area contributed by atoms with E-state index in [0.717, 1.165) is 35.3 Å². The summed E-state index contributed by atoms with van der Waals surface area (Å²) in [4.78, 5) is 27.1. The molecule has 0 saturated carbocycles. The lowest BCUT2D eigenvalue weighted by atomic mass is 9.92. The first-order valence-corrected chi connectivity index (χ1v) is 14.2. The van der Waals surface area contributed by atoms with Crippen molar-refractivity contribution in [3.63, 3.8) is 0 Å². The summed E-state index contributed by atoms with van der Waals surface area (Å²) in [6.07, 6.45) is 2.36. The number of hydrogen-bond acceptors (Lipinski definition) is 4. The van der Waals surface area contributed by atoms with Crippen LogP contribution in [-0.4, -0.2) is 34.2 Å². The van der Waals surface area contributed by atoms with Crippen molar-refractivity contribution in [1.29, 1.82) is 0 Å². The Labute approximate surface area is 242 Å². The van der Waals surface area contributed by atoms with Crippen LogP contribution in [0.4, 0.5) is 5.82 Å². The number of carbonyl (C=O) groups excluding carboxylic acids is 2. The van der Waals surface area contributed by atoms with Gasteiger partial charge in [-0.05, 0) is 54.8 Å². The fraction of sp³-hybridized carbons (Fsp3) is 0.324.